The molecule has 0 aromatic carbocycles. The second-order valence-corrected chi connectivity index (χ2v) is 2.98. The van der Waals surface area contributed by atoms with Crippen molar-refractivity contribution in [2.24, 2.45) is 7.05 Å². The lowest BCUT2D eigenvalue weighted by Crippen LogP contribution is -1.99. The average molecular weight is 185 g/mol. The Bertz CT molecular complexity index is 271. The molecule has 0 spiro atoms. The predicted molar refractivity (Wildman–Crippen MR) is 48.4 cm³/mol. The van der Waals surface area contributed by atoms with E-state index in [0.29, 0.717) is 12.1 Å². The number of nitrogens with zero attached hydrogens (tertiary/aromatic N) is 3. The van der Waals surface area contributed by atoms with E-state index in [9.17, 15) is 4.79 Å². The third kappa shape index (κ3) is 2.34. The summed E-state index contributed by atoms with van der Waals surface area (Å²) in [5.74, 6) is 0.767. The Labute approximate surface area is 76.4 Å². The van der Waals surface area contributed by atoms with Gasteiger partial charge in [0, 0.05) is 13.5 Å². The minimum Gasteiger partial charge on any atom is -0.292 e. The fourth-order valence-corrected chi connectivity index (χ4v) is 1.00. The molecule has 0 bridgehead atoms. The van der Waals surface area contributed by atoms with Gasteiger partial charge in [-0.05, 0) is 12.2 Å². The maximum atomic E-state index is 11.3. The summed E-state index contributed by atoms with van der Waals surface area (Å²) >= 11 is 4.02. The van der Waals surface area contributed by atoms with E-state index < -0.39 is 0 Å². The molecule has 1 aromatic rings. The van der Waals surface area contributed by atoms with E-state index in [1.807, 2.05) is 0 Å². The highest BCUT2D eigenvalue weighted by atomic mass is 32.1. The highest BCUT2D eigenvalue weighted by molar-refractivity contribution is 7.80. The number of ketones is 1. The minimum absolute atomic E-state index is 0.0390. The lowest BCUT2D eigenvalue weighted by atomic mass is 10.2. The number of carbonyl (C=O) groups is 1. The number of aromatic nitrogens is 3. The first kappa shape index (κ1) is 9.25. The number of hydrogen-bond acceptors (Lipinski definition) is 4. The smallest absolute Gasteiger partial charge is 0.184 e. The second-order valence-electron chi connectivity index (χ2n) is 2.53. The Morgan fingerprint density at radius 3 is 3.00 bits per heavy atom. The summed E-state index contributed by atoms with van der Waals surface area (Å²) in [7, 11) is 1.74. The molecule has 12 heavy (non-hydrogen) atoms. The molecular weight excluding hydrogens is 174 g/mol. The first-order chi connectivity index (χ1) is 5.74. The van der Waals surface area contributed by atoms with Crippen LogP contribution in [-0.2, 0) is 7.05 Å². The highest BCUT2D eigenvalue weighted by Crippen LogP contribution is 2.01. The van der Waals surface area contributed by atoms with Crippen LogP contribution in [0.15, 0.2) is 6.20 Å². The Kier molecular flexibility index (Phi) is 3.28. The Hall–Kier alpha value is -0.840. The molecular formula is C7H11N3OS. The third-order valence-corrected chi connectivity index (χ3v) is 1.77. The maximum Gasteiger partial charge on any atom is 0.184 e. The van der Waals surface area contributed by atoms with Gasteiger partial charge in [-0.2, -0.15) is 12.6 Å². The highest BCUT2D eigenvalue weighted by Gasteiger charge is 2.08. The summed E-state index contributed by atoms with van der Waals surface area (Å²) in [5, 5.41) is 7.38. The molecule has 0 N–H and O–H groups in total. The number of rotatable bonds is 4. The van der Waals surface area contributed by atoms with Crippen LogP contribution < -0.4 is 0 Å². The van der Waals surface area contributed by atoms with Gasteiger partial charge in [0.2, 0.25) is 0 Å². The van der Waals surface area contributed by atoms with E-state index in [1.165, 1.54) is 4.68 Å². The van der Waals surface area contributed by atoms with Crippen molar-refractivity contribution in [3.63, 3.8) is 0 Å². The monoisotopic (exact) mass is 185 g/mol. The lowest BCUT2D eigenvalue weighted by molar-refractivity contribution is 0.0977. The van der Waals surface area contributed by atoms with Gasteiger partial charge in [-0.15, -0.1) is 5.10 Å². The van der Waals surface area contributed by atoms with Crippen molar-refractivity contribution in [3.05, 3.63) is 11.9 Å². The van der Waals surface area contributed by atoms with Crippen LogP contribution in [0.2, 0.25) is 0 Å². The van der Waals surface area contributed by atoms with Crippen LogP contribution in [0, 0.1) is 0 Å². The molecule has 5 heteroatoms. The van der Waals surface area contributed by atoms with E-state index >= 15 is 0 Å². The SMILES string of the molecule is Cn1cc(C(=O)CCCS)nn1. The van der Waals surface area contributed by atoms with Gasteiger partial charge in [-0.1, -0.05) is 5.21 Å². The molecule has 1 aromatic heterocycles. The minimum atomic E-state index is 0.0390. The summed E-state index contributed by atoms with van der Waals surface area (Å²) in [5.41, 5.74) is 0.444. The summed E-state index contributed by atoms with van der Waals surface area (Å²) in [6.07, 6.45) is 2.92. The number of thiol groups is 1. The van der Waals surface area contributed by atoms with Crippen LogP contribution in [0.4, 0.5) is 0 Å². The maximum absolute atomic E-state index is 11.3. The van der Waals surface area contributed by atoms with Gasteiger partial charge in [-0.25, -0.2) is 0 Å². The standard InChI is InChI=1S/C7H11N3OS/c1-10-5-6(8-9-10)7(11)3-2-4-12/h5,12H,2-4H2,1H3. The second kappa shape index (κ2) is 4.25. The molecule has 0 unspecified atom stereocenters. The van der Waals surface area contributed by atoms with Gasteiger partial charge in [0.25, 0.3) is 0 Å². The van der Waals surface area contributed by atoms with E-state index in [0.717, 1.165) is 12.2 Å². The molecule has 0 aliphatic carbocycles. The molecule has 0 saturated heterocycles. The Balaban J connectivity index is 2.53. The average Bonchev–Trinajstić information content (AvgIpc) is 2.47. The first-order valence-corrected chi connectivity index (χ1v) is 4.37. The molecule has 1 rings (SSSR count). The zero-order valence-corrected chi connectivity index (χ0v) is 7.79. The Morgan fingerprint density at radius 2 is 2.50 bits per heavy atom. The number of Topliss-reactive ketones (excluding diaryl/α,β-unsaturated/α-hetero) is 1. The zero-order valence-electron chi connectivity index (χ0n) is 6.90. The van der Waals surface area contributed by atoms with E-state index in [2.05, 4.69) is 22.9 Å². The molecule has 0 aliphatic rings. The summed E-state index contributed by atoms with van der Waals surface area (Å²) in [4.78, 5) is 11.3. The fraction of sp³-hybridized carbons (Fsp3) is 0.571. The van der Waals surface area contributed by atoms with Gasteiger partial charge in [0.15, 0.2) is 5.78 Å². The molecule has 1 heterocycles. The summed E-state index contributed by atoms with van der Waals surface area (Å²) in [6, 6.07) is 0. The summed E-state index contributed by atoms with van der Waals surface area (Å²) in [6.45, 7) is 0. The van der Waals surface area contributed by atoms with Gasteiger partial charge < -0.3 is 0 Å². The van der Waals surface area contributed by atoms with Gasteiger partial charge in [0.05, 0.1) is 6.20 Å². The molecule has 66 valence electrons. The van der Waals surface area contributed by atoms with Gasteiger partial charge >= 0.3 is 0 Å². The molecule has 0 amide bonds. The van der Waals surface area contributed by atoms with Crippen LogP contribution in [-0.4, -0.2) is 26.5 Å². The molecule has 0 radical (unpaired) electrons. The van der Waals surface area contributed by atoms with Crippen LogP contribution in [0.5, 0.6) is 0 Å². The van der Waals surface area contributed by atoms with Crippen LogP contribution in [0.3, 0.4) is 0 Å². The van der Waals surface area contributed by atoms with Crippen molar-refractivity contribution in [1.29, 1.82) is 0 Å². The van der Waals surface area contributed by atoms with Crippen molar-refractivity contribution < 1.29 is 4.79 Å². The normalized spacial score (nSPS) is 10.2. The van der Waals surface area contributed by atoms with E-state index in [-0.39, 0.29) is 5.78 Å². The topological polar surface area (TPSA) is 47.8 Å². The van der Waals surface area contributed by atoms with E-state index in [4.69, 9.17) is 0 Å². The fourth-order valence-electron chi connectivity index (χ4n) is 0.843. The number of aryl methyl sites for hydroxylation is 1. The summed E-state index contributed by atoms with van der Waals surface area (Å²) < 4.78 is 1.52. The molecule has 0 atom stereocenters. The molecule has 0 aliphatic heterocycles. The quantitative estimate of drug-likeness (QED) is 0.555. The first-order valence-electron chi connectivity index (χ1n) is 3.74. The van der Waals surface area contributed by atoms with Crippen molar-refractivity contribution in [3.8, 4) is 0 Å². The Morgan fingerprint density at radius 1 is 1.75 bits per heavy atom. The van der Waals surface area contributed by atoms with Gasteiger partial charge in [0.1, 0.15) is 5.69 Å². The predicted octanol–water partition coefficient (Wildman–Crippen LogP) is 0.708. The number of hydrogen-bond donors (Lipinski definition) is 1. The lowest BCUT2D eigenvalue weighted by Gasteiger charge is -1.91. The zero-order chi connectivity index (χ0) is 8.97. The molecule has 0 fully saturated rings. The van der Waals surface area contributed by atoms with Crippen LogP contribution in [0.1, 0.15) is 23.3 Å². The number of carbonyl (C=O) groups excluding carboxylic acids is 1. The van der Waals surface area contributed by atoms with Crippen LogP contribution >= 0.6 is 12.6 Å². The van der Waals surface area contributed by atoms with E-state index in [1.54, 1.807) is 13.2 Å². The van der Waals surface area contributed by atoms with Crippen molar-refractivity contribution in [2.75, 3.05) is 5.75 Å². The molecule has 0 saturated carbocycles. The van der Waals surface area contributed by atoms with Crippen LogP contribution in [0.25, 0.3) is 0 Å². The van der Waals surface area contributed by atoms with Crippen molar-refractivity contribution in [2.45, 2.75) is 12.8 Å². The largest absolute Gasteiger partial charge is 0.292 e. The third-order valence-electron chi connectivity index (χ3n) is 1.45. The van der Waals surface area contributed by atoms with Crippen molar-refractivity contribution >= 4 is 18.4 Å². The molecule has 4 nitrogen and oxygen atoms in total. The van der Waals surface area contributed by atoms with Crippen molar-refractivity contribution in [1.82, 2.24) is 15.0 Å². The van der Waals surface area contributed by atoms with Gasteiger partial charge in [-0.3, -0.25) is 9.48 Å².